The van der Waals surface area contributed by atoms with E-state index >= 15 is 0 Å². The average Bonchev–Trinajstić information content (AvgIpc) is 3.56. The zero-order chi connectivity index (χ0) is 30.0. The number of aromatic amines is 1. The van der Waals surface area contributed by atoms with Crippen LogP contribution < -0.4 is 15.5 Å². The molecule has 0 saturated carbocycles. The summed E-state index contributed by atoms with van der Waals surface area (Å²) >= 11 is 6.13. The van der Waals surface area contributed by atoms with Gasteiger partial charge in [-0.25, -0.2) is 4.98 Å². The van der Waals surface area contributed by atoms with E-state index in [0.717, 1.165) is 33.8 Å². The number of nitrogens with one attached hydrogen (secondary N) is 3. The molecule has 3 aromatic carbocycles. The van der Waals surface area contributed by atoms with Crippen LogP contribution in [0.2, 0.25) is 5.02 Å². The van der Waals surface area contributed by atoms with Gasteiger partial charge in [0.1, 0.15) is 12.4 Å². The summed E-state index contributed by atoms with van der Waals surface area (Å²) in [4.78, 5) is 36.4. The number of carbonyl (C=O) groups excluding carboxylic acids is 2. The van der Waals surface area contributed by atoms with Crippen molar-refractivity contribution in [2.24, 2.45) is 0 Å². The Morgan fingerprint density at radius 2 is 1.74 bits per heavy atom. The van der Waals surface area contributed by atoms with E-state index in [4.69, 9.17) is 11.6 Å². The summed E-state index contributed by atoms with van der Waals surface area (Å²) in [7, 11) is 0. The molecule has 3 N–H and O–H groups in total. The van der Waals surface area contributed by atoms with Crippen LogP contribution >= 0.6 is 11.6 Å². The van der Waals surface area contributed by atoms with Crippen molar-refractivity contribution in [1.29, 1.82) is 0 Å². The first-order valence-corrected chi connectivity index (χ1v) is 15.0. The lowest BCUT2D eigenvalue weighted by Gasteiger charge is -2.39. The quantitative estimate of drug-likeness (QED) is 0.298. The number of hydrogen-bond donors (Lipinski definition) is 3. The van der Waals surface area contributed by atoms with Crippen LogP contribution in [0.25, 0.3) is 11.4 Å². The van der Waals surface area contributed by atoms with Crippen LogP contribution in [0.4, 0.5) is 5.69 Å². The molecule has 0 radical (unpaired) electrons. The zero-order valence-corrected chi connectivity index (χ0v) is 25.2. The number of aryl methyl sites for hydroxylation is 1. The normalized spacial score (nSPS) is 19.0. The molecule has 4 aromatic rings. The van der Waals surface area contributed by atoms with E-state index in [1.54, 1.807) is 0 Å². The second-order valence-corrected chi connectivity index (χ2v) is 12.0. The number of rotatable bonds is 7. The van der Waals surface area contributed by atoms with Gasteiger partial charge < -0.3 is 15.1 Å². The van der Waals surface area contributed by atoms with E-state index < -0.39 is 11.6 Å². The van der Waals surface area contributed by atoms with Crippen molar-refractivity contribution < 1.29 is 9.59 Å². The van der Waals surface area contributed by atoms with Crippen molar-refractivity contribution in [3.05, 3.63) is 100 Å². The Balaban J connectivity index is 1.18. The lowest BCUT2D eigenvalue weighted by atomic mass is 9.85. The maximum atomic E-state index is 14.1. The van der Waals surface area contributed by atoms with Gasteiger partial charge in [0.05, 0.1) is 5.54 Å². The smallest absolute Gasteiger partial charge is 0.245 e. The van der Waals surface area contributed by atoms with Gasteiger partial charge in [0.15, 0.2) is 5.82 Å². The molecule has 9 nitrogen and oxygen atoms in total. The summed E-state index contributed by atoms with van der Waals surface area (Å²) in [6, 6.07) is 21.1. The number of piperazine rings is 1. The fraction of sp³-hybridized carbons (Fsp3) is 0.333. The predicted molar refractivity (Wildman–Crippen MR) is 168 cm³/mol. The molecule has 1 aromatic heterocycles. The Kier molecular flexibility index (Phi) is 8.19. The molecule has 1 saturated heterocycles. The summed E-state index contributed by atoms with van der Waals surface area (Å²) in [6.45, 7) is 6.98. The average molecular weight is 598 g/mol. The van der Waals surface area contributed by atoms with Gasteiger partial charge in [-0.15, -0.1) is 0 Å². The van der Waals surface area contributed by atoms with Crippen LogP contribution in [0.1, 0.15) is 29.2 Å². The van der Waals surface area contributed by atoms with E-state index in [2.05, 4.69) is 61.9 Å². The van der Waals surface area contributed by atoms with Crippen molar-refractivity contribution in [2.45, 2.75) is 44.8 Å². The Bertz CT molecular complexity index is 1600. The molecule has 0 spiro atoms. The second kappa shape index (κ2) is 12.2. The summed E-state index contributed by atoms with van der Waals surface area (Å²) in [5, 5.41) is 14.2. The molecule has 10 heteroatoms. The van der Waals surface area contributed by atoms with E-state index in [0.29, 0.717) is 50.6 Å². The third kappa shape index (κ3) is 6.14. The van der Waals surface area contributed by atoms with Crippen molar-refractivity contribution >= 4 is 29.1 Å². The van der Waals surface area contributed by atoms with Crippen molar-refractivity contribution in [2.75, 3.05) is 31.1 Å². The SMILES string of the molecule is Cc1cccc(N2CCN(C(=O)C(Cc3ccc(Cl)cc3)NC(=O)C3(C)Cc4ccccc4CN3)CC2)c1-c1ncn[nH]1. The van der Waals surface area contributed by atoms with E-state index in [1.807, 2.05) is 54.3 Å². The Hall–Kier alpha value is -4.21. The van der Waals surface area contributed by atoms with Crippen LogP contribution in [-0.4, -0.2) is 69.7 Å². The third-order valence-corrected chi connectivity index (χ3v) is 8.88. The summed E-state index contributed by atoms with van der Waals surface area (Å²) < 4.78 is 0. The van der Waals surface area contributed by atoms with E-state index in [9.17, 15) is 9.59 Å². The predicted octanol–water partition coefficient (Wildman–Crippen LogP) is 3.91. The molecule has 0 bridgehead atoms. The molecule has 2 unspecified atom stereocenters. The lowest BCUT2D eigenvalue weighted by Crippen LogP contribution is -2.62. The minimum atomic E-state index is -0.826. The number of anilines is 1. The largest absolute Gasteiger partial charge is 0.367 e. The molecule has 2 aliphatic heterocycles. The molecule has 2 aliphatic rings. The number of aromatic nitrogens is 3. The maximum Gasteiger partial charge on any atom is 0.245 e. The fourth-order valence-corrected chi connectivity index (χ4v) is 6.23. The van der Waals surface area contributed by atoms with Gasteiger partial charge in [-0.3, -0.25) is 20.0 Å². The standard InChI is InChI=1S/C33H36ClN7O2/c1-22-6-5-9-28(29(22)30-35-21-37-39-30)40-14-16-41(17-15-40)31(42)27(18-23-10-12-26(34)13-11-23)38-32(43)33(2)19-24-7-3-4-8-25(24)20-36-33/h3-13,21,27,36H,14-20H2,1-2H3,(H,38,43)(H,35,37,39). The Morgan fingerprint density at radius 1 is 1.00 bits per heavy atom. The van der Waals surface area contributed by atoms with Gasteiger partial charge in [-0.1, -0.05) is 60.1 Å². The molecule has 3 heterocycles. The van der Waals surface area contributed by atoms with E-state index in [-0.39, 0.29) is 11.8 Å². The van der Waals surface area contributed by atoms with E-state index in [1.165, 1.54) is 11.9 Å². The first-order chi connectivity index (χ1) is 20.8. The number of benzene rings is 3. The molecule has 2 amide bonds. The van der Waals surface area contributed by atoms with Gasteiger partial charge in [0.25, 0.3) is 0 Å². The highest BCUT2D eigenvalue weighted by molar-refractivity contribution is 6.30. The number of halogens is 1. The Morgan fingerprint density at radius 3 is 2.47 bits per heavy atom. The number of carbonyl (C=O) groups is 2. The van der Waals surface area contributed by atoms with Gasteiger partial charge in [0.2, 0.25) is 11.8 Å². The number of nitrogens with zero attached hydrogens (tertiary/aromatic N) is 4. The Labute approximate surface area is 256 Å². The van der Waals surface area contributed by atoms with Crippen molar-refractivity contribution in [1.82, 2.24) is 30.7 Å². The lowest BCUT2D eigenvalue weighted by molar-refractivity contribution is -0.138. The van der Waals surface area contributed by atoms with Gasteiger partial charge >= 0.3 is 0 Å². The monoisotopic (exact) mass is 597 g/mol. The molecule has 43 heavy (non-hydrogen) atoms. The second-order valence-electron chi connectivity index (χ2n) is 11.6. The number of hydrogen-bond acceptors (Lipinski definition) is 6. The summed E-state index contributed by atoms with van der Waals surface area (Å²) in [5.41, 5.74) is 5.63. The number of fused-ring (bicyclic) bond motifs is 1. The third-order valence-electron chi connectivity index (χ3n) is 8.62. The molecule has 2 atom stereocenters. The summed E-state index contributed by atoms with van der Waals surface area (Å²) in [5.74, 6) is 0.469. The molecule has 222 valence electrons. The van der Waals surface area contributed by atoms with Crippen LogP contribution in [-0.2, 0) is 29.0 Å². The summed E-state index contributed by atoms with van der Waals surface area (Å²) in [6.07, 6.45) is 2.45. The minimum Gasteiger partial charge on any atom is -0.367 e. The number of H-pyrrole nitrogens is 1. The van der Waals surface area contributed by atoms with Gasteiger partial charge in [-0.05, 0) is 60.7 Å². The highest BCUT2D eigenvalue weighted by Gasteiger charge is 2.39. The molecule has 0 aliphatic carbocycles. The molecule has 6 rings (SSSR count). The highest BCUT2D eigenvalue weighted by Crippen LogP contribution is 2.32. The van der Waals surface area contributed by atoms with Crippen LogP contribution in [0.15, 0.2) is 73.1 Å². The van der Waals surface area contributed by atoms with Crippen molar-refractivity contribution in [3.63, 3.8) is 0 Å². The minimum absolute atomic E-state index is 0.0811. The first kappa shape index (κ1) is 28.9. The van der Waals surface area contributed by atoms with Crippen LogP contribution in [0.3, 0.4) is 0 Å². The fourth-order valence-electron chi connectivity index (χ4n) is 6.11. The highest BCUT2D eigenvalue weighted by atomic mass is 35.5. The van der Waals surface area contributed by atoms with Gasteiger partial charge in [-0.2, -0.15) is 5.10 Å². The molecule has 1 fully saturated rings. The molecular formula is C33H36ClN7O2. The maximum absolute atomic E-state index is 14.1. The number of amides is 2. The van der Waals surface area contributed by atoms with Crippen molar-refractivity contribution in [3.8, 4) is 11.4 Å². The topological polar surface area (TPSA) is 106 Å². The molecular weight excluding hydrogens is 562 g/mol. The first-order valence-electron chi connectivity index (χ1n) is 14.7. The van der Waals surface area contributed by atoms with Gasteiger partial charge in [0, 0.05) is 55.4 Å². The van der Waals surface area contributed by atoms with Crippen LogP contribution in [0.5, 0.6) is 0 Å². The zero-order valence-electron chi connectivity index (χ0n) is 24.4. The van der Waals surface area contributed by atoms with Crippen LogP contribution in [0, 0.1) is 6.92 Å².